The van der Waals surface area contributed by atoms with Gasteiger partial charge in [0.15, 0.2) is 0 Å². The van der Waals surface area contributed by atoms with E-state index in [-0.39, 0.29) is 0 Å². The van der Waals surface area contributed by atoms with Gasteiger partial charge in [0, 0.05) is 0 Å². The van der Waals surface area contributed by atoms with Crippen LogP contribution in [0.25, 0.3) is 0 Å². The van der Waals surface area contributed by atoms with Crippen LogP contribution in [0.3, 0.4) is 0 Å². The van der Waals surface area contributed by atoms with Crippen molar-refractivity contribution in [2.75, 3.05) is 0 Å². The summed E-state index contributed by atoms with van der Waals surface area (Å²) in [6.07, 6.45) is 1.25. The Balaban J connectivity index is 2.91. The van der Waals surface area contributed by atoms with Crippen molar-refractivity contribution in [3.63, 3.8) is 0 Å². The first kappa shape index (κ1) is 9.79. The summed E-state index contributed by atoms with van der Waals surface area (Å²) in [6, 6.07) is 0. The number of thiophene rings is 1. The van der Waals surface area contributed by atoms with Crippen LogP contribution in [0.4, 0.5) is 0 Å². The zero-order valence-corrected chi connectivity index (χ0v) is 9.24. The Labute approximate surface area is 79.6 Å². The van der Waals surface area contributed by atoms with Crippen LogP contribution in [0.1, 0.15) is 57.1 Å². The van der Waals surface area contributed by atoms with Gasteiger partial charge in [-0.3, -0.25) is 0 Å². The van der Waals surface area contributed by atoms with E-state index < -0.39 is 0 Å². The number of hydrogen-bond donors (Lipinski definition) is 0. The van der Waals surface area contributed by atoms with Gasteiger partial charge in [-0.15, -0.1) is 0 Å². The molecule has 0 aromatic carbocycles. The summed E-state index contributed by atoms with van der Waals surface area (Å²) in [6.45, 7) is 9.11. The number of hydrogen-bond acceptors (Lipinski definition) is 1. The summed E-state index contributed by atoms with van der Waals surface area (Å²) in [5.74, 6) is 1.41. The molecule has 0 bridgehead atoms. The molecule has 0 N–H and O–H groups in total. The summed E-state index contributed by atoms with van der Waals surface area (Å²) in [4.78, 5) is 0. The van der Waals surface area contributed by atoms with Gasteiger partial charge in [-0.2, -0.15) is 11.3 Å². The lowest BCUT2D eigenvalue weighted by molar-refractivity contribution is 0.713. The second kappa shape index (κ2) is 4.08. The summed E-state index contributed by atoms with van der Waals surface area (Å²) in [5, 5.41) is 4.61. The maximum absolute atomic E-state index is 2.31. The molecule has 0 aliphatic rings. The van der Waals surface area contributed by atoms with Crippen molar-refractivity contribution in [1.82, 2.24) is 0 Å². The Kier molecular flexibility index (Phi) is 3.33. The molecule has 1 aromatic rings. The molecule has 12 heavy (non-hydrogen) atoms. The van der Waals surface area contributed by atoms with Crippen molar-refractivity contribution >= 4 is 11.3 Å². The van der Waals surface area contributed by atoms with Gasteiger partial charge < -0.3 is 0 Å². The molecule has 1 atom stereocenters. The minimum atomic E-state index is 0.681. The molecule has 0 radical (unpaired) electrons. The Morgan fingerprint density at radius 1 is 1.17 bits per heavy atom. The Morgan fingerprint density at radius 2 is 1.75 bits per heavy atom. The molecular weight excluding hydrogens is 164 g/mol. The minimum Gasteiger partial charge on any atom is -0.152 e. The van der Waals surface area contributed by atoms with Gasteiger partial charge >= 0.3 is 0 Å². The van der Waals surface area contributed by atoms with Crippen LogP contribution in [0, 0.1) is 0 Å². The van der Waals surface area contributed by atoms with Crippen LogP contribution in [0.15, 0.2) is 10.8 Å². The predicted octanol–water partition coefficient (Wildman–Crippen LogP) is 4.39. The molecule has 1 unspecified atom stereocenters. The lowest BCUT2D eigenvalue weighted by Gasteiger charge is -2.12. The standard InChI is InChI=1S/C11H18S/c1-5-9(4)11-7-12-6-10(11)8(2)3/h6-9H,5H2,1-4H3. The highest BCUT2D eigenvalue weighted by Crippen LogP contribution is 2.30. The Hall–Kier alpha value is -0.300. The van der Waals surface area contributed by atoms with Crippen LogP contribution in [0.5, 0.6) is 0 Å². The minimum absolute atomic E-state index is 0.681. The van der Waals surface area contributed by atoms with Crippen LogP contribution in [-0.4, -0.2) is 0 Å². The van der Waals surface area contributed by atoms with E-state index in [1.807, 2.05) is 11.3 Å². The highest BCUT2D eigenvalue weighted by Gasteiger charge is 2.11. The van der Waals surface area contributed by atoms with Gasteiger partial charge in [-0.25, -0.2) is 0 Å². The SMILES string of the molecule is CCC(C)c1cscc1C(C)C. The van der Waals surface area contributed by atoms with E-state index in [0.29, 0.717) is 5.92 Å². The largest absolute Gasteiger partial charge is 0.152 e. The fourth-order valence-electron chi connectivity index (χ4n) is 1.41. The summed E-state index contributed by atoms with van der Waals surface area (Å²) < 4.78 is 0. The lowest BCUT2D eigenvalue weighted by atomic mass is 9.92. The van der Waals surface area contributed by atoms with Gasteiger partial charge in [-0.1, -0.05) is 27.7 Å². The average molecular weight is 182 g/mol. The van der Waals surface area contributed by atoms with E-state index in [9.17, 15) is 0 Å². The van der Waals surface area contributed by atoms with Crippen molar-refractivity contribution in [3.05, 3.63) is 21.9 Å². The van der Waals surface area contributed by atoms with Crippen molar-refractivity contribution in [1.29, 1.82) is 0 Å². The highest BCUT2D eigenvalue weighted by molar-refractivity contribution is 7.08. The molecule has 0 aliphatic heterocycles. The second-order valence-corrected chi connectivity index (χ2v) is 4.49. The lowest BCUT2D eigenvalue weighted by Crippen LogP contribution is -1.95. The normalized spacial score (nSPS) is 13.8. The Morgan fingerprint density at radius 3 is 2.25 bits per heavy atom. The molecule has 0 nitrogen and oxygen atoms in total. The van der Waals surface area contributed by atoms with E-state index in [1.165, 1.54) is 6.42 Å². The molecule has 1 heterocycles. The molecule has 0 aliphatic carbocycles. The van der Waals surface area contributed by atoms with Crippen LogP contribution in [-0.2, 0) is 0 Å². The third kappa shape index (κ3) is 1.89. The third-order valence-electron chi connectivity index (χ3n) is 2.49. The molecule has 0 saturated heterocycles. The first-order valence-electron chi connectivity index (χ1n) is 4.72. The first-order valence-corrected chi connectivity index (χ1v) is 5.67. The van der Waals surface area contributed by atoms with E-state index >= 15 is 0 Å². The third-order valence-corrected chi connectivity index (χ3v) is 3.27. The number of rotatable bonds is 3. The summed E-state index contributed by atoms with van der Waals surface area (Å²) in [5.41, 5.74) is 3.12. The van der Waals surface area contributed by atoms with Gasteiger partial charge in [0.25, 0.3) is 0 Å². The van der Waals surface area contributed by atoms with Crippen LogP contribution >= 0.6 is 11.3 Å². The quantitative estimate of drug-likeness (QED) is 0.650. The molecule has 0 amide bonds. The molecule has 0 spiro atoms. The Bertz CT molecular complexity index is 235. The molecular formula is C11H18S. The van der Waals surface area contributed by atoms with E-state index in [1.54, 1.807) is 11.1 Å². The van der Waals surface area contributed by atoms with Gasteiger partial charge in [0.05, 0.1) is 0 Å². The van der Waals surface area contributed by atoms with E-state index in [0.717, 1.165) is 5.92 Å². The fraction of sp³-hybridized carbons (Fsp3) is 0.636. The summed E-state index contributed by atoms with van der Waals surface area (Å²) >= 11 is 1.84. The maximum Gasteiger partial charge on any atom is -0.00556 e. The molecule has 1 aromatic heterocycles. The van der Waals surface area contributed by atoms with Crippen LogP contribution < -0.4 is 0 Å². The topological polar surface area (TPSA) is 0 Å². The van der Waals surface area contributed by atoms with E-state index in [4.69, 9.17) is 0 Å². The van der Waals surface area contributed by atoms with Crippen molar-refractivity contribution in [2.45, 2.75) is 46.0 Å². The zero-order valence-electron chi connectivity index (χ0n) is 8.42. The highest BCUT2D eigenvalue weighted by atomic mass is 32.1. The monoisotopic (exact) mass is 182 g/mol. The smallest absolute Gasteiger partial charge is 0.00556 e. The summed E-state index contributed by atoms with van der Waals surface area (Å²) in [7, 11) is 0. The van der Waals surface area contributed by atoms with Crippen molar-refractivity contribution in [3.8, 4) is 0 Å². The van der Waals surface area contributed by atoms with Crippen molar-refractivity contribution < 1.29 is 0 Å². The molecule has 0 fully saturated rings. The van der Waals surface area contributed by atoms with E-state index in [2.05, 4.69) is 38.5 Å². The van der Waals surface area contributed by atoms with Crippen LogP contribution in [0.2, 0.25) is 0 Å². The maximum atomic E-state index is 2.31. The van der Waals surface area contributed by atoms with Gasteiger partial charge in [0.1, 0.15) is 0 Å². The fourth-order valence-corrected chi connectivity index (χ4v) is 2.54. The zero-order chi connectivity index (χ0) is 9.14. The van der Waals surface area contributed by atoms with Gasteiger partial charge in [-0.05, 0) is 40.1 Å². The second-order valence-electron chi connectivity index (χ2n) is 3.75. The van der Waals surface area contributed by atoms with Gasteiger partial charge in [0.2, 0.25) is 0 Å². The average Bonchev–Trinajstić information content (AvgIpc) is 2.50. The first-order chi connectivity index (χ1) is 5.66. The predicted molar refractivity (Wildman–Crippen MR) is 57.1 cm³/mol. The molecule has 0 saturated carbocycles. The van der Waals surface area contributed by atoms with Crippen molar-refractivity contribution in [2.24, 2.45) is 0 Å². The molecule has 1 heteroatoms. The molecule has 1 rings (SSSR count). The molecule has 68 valence electrons.